The Balaban J connectivity index is 0.769. The van der Waals surface area contributed by atoms with E-state index < -0.39 is 52.2 Å². The molecule has 2 spiro atoms. The number of carbonyl (C=O) groups excluding carboxylic acids is 2. The maximum Gasteiger partial charge on any atom is 0.174 e. The summed E-state index contributed by atoms with van der Waals surface area (Å²) < 4.78 is 26.7. The third-order valence-electron chi connectivity index (χ3n) is 23.2. The van der Waals surface area contributed by atoms with Gasteiger partial charge in [-0.3, -0.25) is 19.6 Å². The van der Waals surface area contributed by atoms with Crippen molar-refractivity contribution in [2.75, 3.05) is 6.61 Å². The molecule has 12 aliphatic rings. The minimum Gasteiger partial charge on any atom is -0.392 e. The summed E-state index contributed by atoms with van der Waals surface area (Å²) in [5.74, 6) is 0.0245. The third-order valence-corrected chi connectivity index (χ3v) is 23.2. The molecule has 65 heavy (non-hydrogen) atoms. The van der Waals surface area contributed by atoms with Crippen LogP contribution in [0.15, 0.2) is 11.6 Å². The fourth-order valence-electron chi connectivity index (χ4n) is 19.3. The van der Waals surface area contributed by atoms with Gasteiger partial charge in [-0.25, -0.2) is 0 Å². The molecule has 9 fully saturated rings. The molecule has 0 aromatic carbocycles. The van der Waals surface area contributed by atoms with Crippen LogP contribution in [-0.4, -0.2) is 90.2 Å². The molecule has 0 radical (unpaired) electrons. The third kappa shape index (κ3) is 5.09. The van der Waals surface area contributed by atoms with Crippen molar-refractivity contribution in [1.29, 1.82) is 0 Å². The molecule has 0 amide bonds. The summed E-state index contributed by atoms with van der Waals surface area (Å²) in [6, 6.07) is 0. The number of Topliss-reactive ketones (excluding diaryl/α,β-unsaturated/α-hetero) is 2. The number of ketones is 2. The highest BCUT2D eigenvalue weighted by atomic mass is 16.7. The van der Waals surface area contributed by atoms with Crippen LogP contribution in [-0.2, 0) is 54.2 Å². The van der Waals surface area contributed by atoms with Crippen LogP contribution < -0.4 is 0 Å². The lowest BCUT2D eigenvalue weighted by molar-refractivity contribution is -0.289. The molecule has 5 saturated carbocycles. The summed E-state index contributed by atoms with van der Waals surface area (Å²) in [6.07, 6.45) is 11.1. The molecule has 0 unspecified atom stereocenters. The van der Waals surface area contributed by atoms with Crippen molar-refractivity contribution < 1.29 is 43.9 Å². The van der Waals surface area contributed by atoms with E-state index in [1.54, 1.807) is 6.92 Å². The van der Waals surface area contributed by atoms with Crippen LogP contribution >= 0.6 is 0 Å². The van der Waals surface area contributed by atoms with E-state index in [0.717, 1.165) is 73.3 Å². The second kappa shape index (κ2) is 12.8. The van der Waals surface area contributed by atoms with Crippen LogP contribution in [0.3, 0.4) is 0 Å². The van der Waals surface area contributed by atoms with Crippen LogP contribution in [0.25, 0.3) is 0 Å². The normalized spacial score (nSPS) is 57.6. The number of nitrogens with zero attached hydrogens (tertiary/aromatic N) is 2. The number of aromatic nitrogens is 2. The van der Waals surface area contributed by atoms with Gasteiger partial charge in [-0.15, -0.1) is 0 Å². The van der Waals surface area contributed by atoms with Crippen LogP contribution in [0.1, 0.15) is 149 Å². The summed E-state index contributed by atoms with van der Waals surface area (Å²) in [6.45, 7) is 19.5. The molecule has 5 heterocycles. The molecule has 1 aromatic rings. The quantitative estimate of drug-likeness (QED) is 0.235. The van der Waals surface area contributed by atoms with Gasteiger partial charge in [0.2, 0.25) is 0 Å². The number of hydrogen-bond donors (Lipinski definition) is 3. The van der Waals surface area contributed by atoms with Gasteiger partial charge in [0.15, 0.2) is 11.6 Å². The lowest BCUT2D eigenvalue weighted by Crippen LogP contribution is -2.66. The van der Waals surface area contributed by atoms with Crippen molar-refractivity contribution in [1.82, 2.24) is 9.97 Å². The van der Waals surface area contributed by atoms with Crippen LogP contribution in [0.5, 0.6) is 0 Å². The van der Waals surface area contributed by atoms with E-state index in [9.17, 15) is 24.9 Å². The van der Waals surface area contributed by atoms with Crippen LogP contribution in [0, 0.1) is 80.8 Å². The molecule has 11 heteroatoms. The first-order valence-electron chi connectivity index (χ1n) is 25.9. The van der Waals surface area contributed by atoms with Gasteiger partial charge in [0.05, 0.1) is 52.8 Å². The molecular weight excluding hydrogens is 821 g/mol. The molecule has 0 bridgehead atoms. The minimum atomic E-state index is -1.47. The van der Waals surface area contributed by atoms with Gasteiger partial charge in [0.25, 0.3) is 0 Å². The Hall–Kier alpha value is -2.12. The first-order chi connectivity index (χ1) is 30.4. The molecule has 21 atom stereocenters. The summed E-state index contributed by atoms with van der Waals surface area (Å²) in [4.78, 5) is 40.7. The second-order valence-electron chi connectivity index (χ2n) is 26.4. The van der Waals surface area contributed by atoms with Crippen molar-refractivity contribution in [3.05, 3.63) is 34.4 Å². The summed E-state index contributed by atoms with van der Waals surface area (Å²) in [5.41, 5.74) is 0.721. The standard InChI is InChI=1S/C54H74N2O9/c1-26-45-40(63-52(26)14-12-46(3,4)65-52)19-32-30-11-10-28-16-35-37(23-48(28,6)31(30)20-41(58)50(32,45)8)56-36-17-29-18-39(57)44-33(49(29,7)24-38(36)55-35)21-42(59)51(9)34(44)22-43-54(51,61)27(2)53(64-43)15-13-47(5,60)25-62-53/h22,26-33,40,42-45,59-61H,10-21,23-25H2,1-9H3/t26-,27+,28-,29+,30+,31-,32+,33-,40-,42+,43-,44+,45-,47-,48-,49-,50+,51+,52+,53+,54+/m0/s1. The highest BCUT2D eigenvalue weighted by molar-refractivity contribution is 5.88. The van der Waals surface area contributed by atoms with Gasteiger partial charge in [-0.1, -0.05) is 47.6 Å². The molecule has 1 aromatic heterocycles. The highest BCUT2D eigenvalue weighted by Crippen LogP contribution is 2.72. The SMILES string of the molecule is C[C@@H]1[C@@]2(CC[C@](C)(O)CO2)O[C@H]2C=C3[C@@H]4C(=O)C[C@H]5Cc6nc7c(nc6C[C@]5(C)[C@H]4C[C@@H](O)[C@]3(C)[C@]21O)C[C@@H]1CC[C@H]2[C@H]3C[C@@H]4O[C@@]5(CCC(C)(C)O5)[C@@H](C)[C@@H]4[C@@]3(C)C(=O)C[C@@H]2[C@@]1(C)C7. The average Bonchev–Trinajstić information content (AvgIpc) is 3.94. The first-order valence-corrected chi connectivity index (χ1v) is 25.9. The minimum absolute atomic E-state index is 0.0390. The van der Waals surface area contributed by atoms with Gasteiger partial charge in [0, 0.05) is 60.2 Å². The fourth-order valence-corrected chi connectivity index (χ4v) is 19.3. The Kier molecular flexibility index (Phi) is 8.45. The largest absolute Gasteiger partial charge is 0.392 e. The monoisotopic (exact) mass is 895 g/mol. The zero-order valence-corrected chi connectivity index (χ0v) is 40.4. The first kappa shape index (κ1) is 42.9. The second-order valence-corrected chi connectivity index (χ2v) is 26.4. The van der Waals surface area contributed by atoms with Gasteiger partial charge < -0.3 is 34.3 Å². The average molecular weight is 895 g/mol. The van der Waals surface area contributed by atoms with Gasteiger partial charge in [-0.05, 0) is 137 Å². The number of hydrogen-bond acceptors (Lipinski definition) is 11. The van der Waals surface area contributed by atoms with E-state index in [2.05, 4.69) is 41.5 Å². The maximum absolute atomic E-state index is 14.9. The Morgan fingerprint density at radius 1 is 0.723 bits per heavy atom. The van der Waals surface area contributed by atoms with Gasteiger partial charge in [0.1, 0.15) is 23.3 Å². The van der Waals surface area contributed by atoms with Gasteiger partial charge in [-0.2, -0.15) is 0 Å². The van der Waals surface area contributed by atoms with Crippen molar-refractivity contribution in [2.24, 2.45) is 80.8 Å². The van der Waals surface area contributed by atoms with Crippen molar-refractivity contribution >= 4 is 11.6 Å². The zero-order valence-electron chi connectivity index (χ0n) is 40.4. The summed E-state index contributed by atoms with van der Waals surface area (Å²) in [7, 11) is 0. The molecule has 8 aliphatic carbocycles. The lowest BCUT2D eigenvalue weighted by atomic mass is 9.44. The molecule has 4 aliphatic heterocycles. The van der Waals surface area contributed by atoms with Gasteiger partial charge >= 0.3 is 0 Å². The molecule has 4 saturated heterocycles. The van der Waals surface area contributed by atoms with E-state index in [0.29, 0.717) is 74.4 Å². The number of carbonyl (C=O) groups is 2. The fraction of sp³-hybridized carbons (Fsp3) is 0.852. The van der Waals surface area contributed by atoms with Crippen LogP contribution in [0.4, 0.5) is 0 Å². The van der Waals surface area contributed by atoms with E-state index in [4.69, 9.17) is 28.9 Å². The number of aliphatic hydroxyl groups excluding tert-OH is 1. The van der Waals surface area contributed by atoms with Crippen LogP contribution in [0.2, 0.25) is 0 Å². The van der Waals surface area contributed by atoms with E-state index >= 15 is 0 Å². The number of fused-ring (bicyclic) bond motifs is 16. The molecule has 354 valence electrons. The topological polar surface area (TPSA) is 158 Å². The highest BCUT2D eigenvalue weighted by Gasteiger charge is 2.78. The molecule has 13 rings (SSSR count). The predicted octanol–water partition coefficient (Wildman–Crippen LogP) is 6.82. The smallest absolute Gasteiger partial charge is 0.174 e. The molecule has 11 nitrogen and oxygen atoms in total. The number of rotatable bonds is 0. The van der Waals surface area contributed by atoms with E-state index in [1.807, 2.05) is 19.9 Å². The summed E-state index contributed by atoms with van der Waals surface area (Å²) >= 11 is 0. The van der Waals surface area contributed by atoms with Crippen molar-refractivity contribution in [3.8, 4) is 0 Å². The van der Waals surface area contributed by atoms with E-state index in [1.165, 1.54) is 0 Å². The predicted molar refractivity (Wildman–Crippen MR) is 238 cm³/mol. The summed E-state index contributed by atoms with van der Waals surface area (Å²) in [5, 5.41) is 36.0. The van der Waals surface area contributed by atoms with E-state index in [-0.39, 0.29) is 64.0 Å². The Labute approximate surface area is 385 Å². The maximum atomic E-state index is 14.9. The number of aliphatic hydroxyl groups is 3. The zero-order chi connectivity index (χ0) is 45.6. The van der Waals surface area contributed by atoms with Crippen molar-refractivity contribution in [3.63, 3.8) is 0 Å². The lowest BCUT2D eigenvalue weighted by Gasteiger charge is -2.61. The molecule has 3 N–H and O–H groups in total. The number of ether oxygens (including phenoxy) is 4. The Bertz CT molecular complexity index is 2340. The Morgan fingerprint density at radius 3 is 2.06 bits per heavy atom. The Morgan fingerprint density at radius 2 is 1.40 bits per heavy atom. The molecular formula is C54H74N2O9. The van der Waals surface area contributed by atoms with Crippen molar-refractivity contribution in [2.45, 2.75) is 199 Å².